The van der Waals surface area contributed by atoms with E-state index >= 15 is 0 Å². The van der Waals surface area contributed by atoms with Crippen LogP contribution in [-0.4, -0.2) is 13.0 Å². The van der Waals surface area contributed by atoms with Crippen molar-refractivity contribution in [1.29, 1.82) is 0 Å². The Morgan fingerprint density at radius 2 is 2.22 bits per heavy atom. The molecule has 0 aromatic rings. The second-order valence-electron chi connectivity index (χ2n) is 1.25. The van der Waals surface area contributed by atoms with Gasteiger partial charge in [-0.25, -0.2) is 0 Å². The molecule has 0 saturated carbocycles. The van der Waals surface area contributed by atoms with Crippen LogP contribution >= 0.6 is 0 Å². The average molecular weight is 148 g/mol. The van der Waals surface area contributed by atoms with Crippen molar-refractivity contribution in [3.8, 4) is 0 Å². The summed E-state index contributed by atoms with van der Waals surface area (Å²) < 4.78 is 28.4. The Morgan fingerprint density at radius 3 is 2.44 bits per heavy atom. The summed E-state index contributed by atoms with van der Waals surface area (Å²) in [7, 11) is -4.20. The van der Waals surface area contributed by atoms with E-state index in [1.807, 2.05) is 0 Å². The first-order valence-electron chi connectivity index (χ1n) is 1.89. The summed E-state index contributed by atoms with van der Waals surface area (Å²) in [6, 6.07) is 0. The molecule has 0 atom stereocenters. The SMILES string of the molecule is O=S(=O)(O)C1=CN=N[N]1. The lowest BCUT2D eigenvalue weighted by molar-refractivity contribution is 0.487. The van der Waals surface area contributed by atoms with E-state index in [1.165, 1.54) is 0 Å². The monoisotopic (exact) mass is 148 g/mol. The fraction of sp³-hybridized carbons (Fsp3) is 0. The zero-order chi connectivity index (χ0) is 6.91. The lowest BCUT2D eigenvalue weighted by Crippen LogP contribution is -2.06. The predicted octanol–water partition coefficient (Wildman–Crippen LogP) is -0.342. The highest BCUT2D eigenvalue weighted by Gasteiger charge is 2.17. The van der Waals surface area contributed by atoms with Gasteiger partial charge in [0.1, 0.15) is 0 Å². The summed E-state index contributed by atoms with van der Waals surface area (Å²) in [5, 5.41) is 5.51. The van der Waals surface area contributed by atoms with Gasteiger partial charge in [-0.3, -0.25) is 4.55 Å². The molecule has 1 heterocycles. The van der Waals surface area contributed by atoms with Gasteiger partial charge in [0.15, 0.2) is 0 Å². The Kier molecular flexibility index (Phi) is 1.22. The molecule has 1 aliphatic rings. The Hall–Kier alpha value is -0.950. The van der Waals surface area contributed by atoms with E-state index in [0.717, 1.165) is 6.20 Å². The molecule has 0 spiro atoms. The minimum Gasteiger partial charge on any atom is -0.281 e. The lowest BCUT2D eigenvalue weighted by atomic mass is 11.0. The van der Waals surface area contributed by atoms with Gasteiger partial charge in [-0.1, -0.05) is 0 Å². The summed E-state index contributed by atoms with van der Waals surface area (Å²) in [5.41, 5.74) is 2.99. The fourth-order valence-corrected chi connectivity index (χ4v) is 0.609. The van der Waals surface area contributed by atoms with Crippen LogP contribution < -0.4 is 5.43 Å². The van der Waals surface area contributed by atoms with E-state index in [9.17, 15) is 8.42 Å². The maximum absolute atomic E-state index is 10.1. The first-order valence-corrected chi connectivity index (χ1v) is 3.33. The highest BCUT2D eigenvalue weighted by atomic mass is 32.2. The van der Waals surface area contributed by atoms with E-state index in [1.54, 1.807) is 0 Å². The summed E-state index contributed by atoms with van der Waals surface area (Å²) in [6.07, 6.45) is 0.856. The van der Waals surface area contributed by atoms with Gasteiger partial charge in [-0.05, 0) is 5.22 Å². The van der Waals surface area contributed by atoms with Gasteiger partial charge in [0, 0.05) is 0 Å². The highest BCUT2D eigenvalue weighted by Crippen LogP contribution is 2.06. The highest BCUT2D eigenvalue weighted by molar-refractivity contribution is 7.89. The van der Waals surface area contributed by atoms with Gasteiger partial charge in [0.2, 0.25) is 5.03 Å². The summed E-state index contributed by atoms with van der Waals surface area (Å²) in [6.45, 7) is 0. The molecule has 49 valence electrons. The molecule has 1 aliphatic heterocycles. The zero-order valence-corrected chi connectivity index (χ0v) is 4.91. The maximum Gasteiger partial charge on any atom is 0.315 e. The van der Waals surface area contributed by atoms with Crippen LogP contribution in [0.5, 0.6) is 0 Å². The molecule has 9 heavy (non-hydrogen) atoms. The van der Waals surface area contributed by atoms with Crippen LogP contribution in [0.3, 0.4) is 0 Å². The smallest absolute Gasteiger partial charge is 0.281 e. The van der Waals surface area contributed by atoms with Gasteiger partial charge in [-0.2, -0.15) is 8.42 Å². The largest absolute Gasteiger partial charge is 0.315 e. The van der Waals surface area contributed by atoms with Crippen LogP contribution in [0, 0.1) is 0 Å². The van der Waals surface area contributed by atoms with E-state index in [0.29, 0.717) is 0 Å². The van der Waals surface area contributed by atoms with Crippen LogP contribution in [0.25, 0.3) is 0 Å². The molecule has 6 nitrogen and oxygen atoms in total. The Balaban J connectivity index is 2.92. The first-order chi connectivity index (χ1) is 4.11. The quantitative estimate of drug-likeness (QED) is 0.515. The maximum atomic E-state index is 10.1. The Labute approximate surface area is 51.0 Å². The average Bonchev–Trinajstić information content (AvgIpc) is 2.08. The van der Waals surface area contributed by atoms with Crippen molar-refractivity contribution in [2.75, 3.05) is 0 Å². The van der Waals surface area contributed by atoms with Crippen LogP contribution in [0.4, 0.5) is 0 Å². The van der Waals surface area contributed by atoms with Gasteiger partial charge in [-0.15, -0.1) is 10.5 Å². The first kappa shape index (κ1) is 6.17. The van der Waals surface area contributed by atoms with Gasteiger partial charge < -0.3 is 0 Å². The van der Waals surface area contributed by atoms with Crippen LogP contribution in [0.1, 0.15) is 0 Å². The van der Waals surface area contributed by atoms with Crippen LogP contribution in [0.15, 0.2) is 21.6 Å². The van der Waals surface area contributed by atoms with Crippen molar-refractivity contribution >= 4 is 10.1 Å². The topological polar surface area (TPSA) is 93.2 Å². The van der Waals surface area contributed by atoms with E-state index in [-0.39, 0.29) is 0 Å². The molecule has 1 radical (unpaired) electrons. The van der Waals surface area contributed by atoms with Gasteiger partial charge >= 0.3 is 10.1 Å². The third kappa shape index (κ3) is 1.24. The fourth-order valence-electron chi connectivity index (χ4n) is 0.289. The third-order valence-corrected chi connectivity index (χ3v) is 1.34. The number of nitrogens with zero attached hydrogens (tertiary/aromatic N) is 3. The molecule has 0 aromatic carbocycles. The Bertz CT molecular complexity index is 263. The predicted molar refractivity (Wildman–Crippen MR) is 26.6 cm³/mol. The lowest BCUT2D eigenvalue weighted by Gasteiger charge is -1.88. The molecular weight excluding hydrogens is 146 g/mol. The molecule has 0 bridgehead atoms. The van der Waals surface area contributed by atoms with Gasteiger partial charge in [0.05, 0.1) is 6.20 Å². The molecular formula is C2H2N3O3S. The summed E-state index contributed by atoms with van der Waals surface area (Å²) >= 11 is 0. The Morgan fingerprint density at radius 1 is 1.56 bits per heavy atom. The van der Waals surface area contributed by atoms with Crippen LogP contribution in [0.2, 0.25) is 0 Å². The molecule has 0 fully saturated rings. The van der Waals surface area contributed by atoms with E-state index < -0.39 is 15.1 Å². The van der Waals surface area contributed by atoms with Crippen molar-refractivity contribution in [2.45, 2.75) is 0 Å². The van der Waals surface area contributed by atoms with Crippen molar-refractivity contribution in [3.05, 3.63) is 11.2 Å². The number of hydrogen-bond donors (Lipinski definition) is 1. The van der Waals surface area contributed by atoms with E-state index in [2.05, 4.69) is 15.8 Å². The molecule has 1 N–H and O–H groups in total. The van der Waals surface area contributed by atoms with Crippen molar-refractivity contribution in [2.24, 2.45) is 10.3 Å². The molecule has 0 aromatic heterocycles. The molecule has 7 heteroatoms. The molecule has 0 unspecified atom stereocenters. The number of rotatable bonds is 1. The summed E-state index contributed by atoms with van der Waals surface area (Å²) in [5.74, 6) is 0. The standard InChI is InChI=1S/C2H2N3O3S/c6-9(7,8)2-1-3-5-4-2/h1H,(H,6,7,8). The van der Waals surface area contributed by atoms with Crippen molar-refractivity contribution in [1.82, 2.24) is 5.43 Å². The second-order valence-corrected chi connectivity index (χ2v) is 2.62. The molecule has 1 rings (SSSR count). The van der Waals surface area contributed by atoms with Crippen LogP contribution in [-0.2, 0) is 10.1 Å². The molecule has 0 aliphatic carbocycles. The number of hydrogen-bond acceptors (Lipinski definition) is 4. The minimum absolute atomic E-state index is 0.525. The third-order valence-electron chi connectivity index (χ3n) is 0.627. The minimum atomic E-state index is -4.20. The van der Waals surface area contributed by atoms with E-state index in [4.69, 9.17) is 4.55 Å². The molecule has 0 amide bonds. The van der Waals surface area contributed by atoms with Crippen molar-refractivity contribution in [3.63, 3.8) is 0 Å². The summed E-state index contributed by atoms with van der Waals surface area (Å²) in [4.78, 5) is 0. The normalized spacial score (nSPS) is 17.2. The van der Waals surface area contributed by atoms with Crippen molar-refractivity contribution < 1.29 is 13.0 Å². The second kappa shape index (κ2) is 1.78. The van der Waals surface area contributed by atoms with Gasteiger partial charge in [0.25, 0.3) is 0 Å². The molecule has 0 saturated heterocycles. The zero-order valence-electron chi connectivity index (χ0n) is 4.09.